The van der Waals surface area contributed by atoms with E-state index in [4.69, 9.17) is 4.74 Å². The minimum Gasteiger partial charge on any atom is -0.465 e. The van der Waals surface area contributed by atoms with E-state index in [1.165, 1.54) is 30.7 Å². The Morgan fingerprint density at radius 3 is 2.25 bits per heavy atom. The van der Waals surface area contributed by atoms with Gasteiger partial charge in [-0.2, -0.15) is 4.31 Å². The first-order valence-corrected chi connectivity index (χ1v) is 9.05. The molecular formula is C15H22N2O6S. The number of methoxy groups -OCH3 is 2. The molecule has 0 aliphatic carbocycles. The van der Waals surface area contributed by atoms with Gasteiger partial charge in [0.15, 0.2) is 0 Å². The fourth-order valence-electron chi connectivity index (χ4n) is 1.89. The highest BCUT2D eigenvalue weighted by atomic mass is 32.2. The van der Waals surface area contributed by atoms with Crippen LogP contribution in [0.3, 0.4) is 0 Å². The number of rotatable bonds is 9. The molecule has 134 valence electrons. The standard InChI is InChI=1S/C15H22N2O6S/c1-22-11-10-17(24(3,20)21)9-8-14(18)16-13-6-4-12(5-7-13)15(19)23-2/h4-7H,8-11H2,1-3H3,(H,16,18). The average molecular weight is 358 g/mol. The molecule has 0 bridgehead atoms. The summed E-state index contributed by atoms with van der Waals surface area (Å²) in [5.74, 6) is -0.790. The van der Waals surface area contributed by atoms with Crippen LogP contribution in [0.5, 0.6) is 0 Å². The Labute approximate surface area is 141 Å². The number of esters is 1. The zero-order valence-electron chi connectivity index (χ0n) is 13.9. The van der Waals surface area contributed by atoms with Gasteiger partial charge in [-0.25, -0.2) is 13.2 Å². The van der Waals surface area contributed by atoms with Gasteiger partial charge in [-0.3, -0.25) is 4.79 Å². The molecule has 1 aromatic carbocycles. The molecule has 1 amide bonds. The maximum Gasteiger partial charge on any atom is 0.337 e. The fraction of sp³-hybridized carbons (Fsp3) is 0.467. The van der Waals surface area contributed by atoms with Gasteiger partial charge in [0.1, 0.15) is 0 Å². The highest BCUT2D eigenvalue weighted by Crippen LogP contribution is 2.11. The summed E-state index contributed by atoms with van der Waals surface area (Å²) in [4.78, 5) is 23.3. The topological polar surface area (TPSA) is 102 Å². The lowest BCUT2D eigenvalue weighted by molar-refractivity contribution is -0.116. The lowest BCUT2D eigenvalue weighted by atomic mass is 10.2. The number of nitrogens with one attached hydrogen (secondary N) is 1. The van der Waals surface area contributed by atoms with Crippen LogP contribution in [0.2, 0.25) is 0 Å². The number of amides is 1. The SMILES string of the molecule is COCCN(CCC(=O)Nc1ccc(C(=O)OC)cc1)S(C)(=O)=O. The second-order valence-electron chi connectivity index (χ2n) is 5.02. The lowest BCUT2D eigenvalue weighted by Gasteiger charge is -2.19. The lowest BCUT2D eigenvalue weighted by Crippen LogP contribution is -2.35. The van der Waals surface area contributed by atoms with Gasteiger partial charge in [0.05, 0.1) is 25.5 Å². The van der Waals surface area contributed by atoms with Crippen molar-refractivity contribution in [2.45, 2.75) is 6.42 Å². The van der Waals surface area contributed by atoms with Gasteiger partial charge in [-0.1, -0.05) is 0 Å². The van der Waals surface area contributed by atoms with Gasteiger partial charge in [0.2, 0.25) is 15.9 Å². The first-order chi connectivity index (χ1) is 11.3. The number of carbonyl (C=O) groups is 2. The van der Waals surface area contributed by atoms with Crippen molar-refractivity contribution in [2.24, 2.45) is 0 Å². The quantitative estimate of drug-likeness (QED) is 0.652. The summed E-state index contributed by atoms with van der Waals surface area (Å²) in [5.41, 5.74) is 0.883. The second-order valence-corrected chi connectivity index (χ2v) is 7.00. The van der Waals surface area contributed by atoms with Crippen LogP contribution in [0.15, 0.2) is 24.3 Å². The van der Waals surface area contributed by atoms with Crippen LogP contribution >= 0.6 is 0 Å². The van der Waals surface area contributed by atoms with E-state index in [0.29, 0.717) is 11.3 Å². The maximum absolute atomic E-state index is 11.9. The van der Waals surface area contributed by atoms with Crippen LogP contribution in [0.4, 0.5) is 5.69 Å². The van der Waals surface area contributed by atoms with E-state index in [0.717, 1.165) is 6.26 Å². The minimum atomic E-state index is -3.40. The fourth-order valence-corrected chi connectivity index (χ4v) is 2.72. The summed E-state index contributed by atoms with van der Waals surface area (Å²) in [7, 11) is -0.638. The first kappa shape index (κ1) is 20.1. The molecule has 0 heterocycles. The van der Waals surface area contributed by atoms with Gasteiger partial charge in [0.25, 0.3) is 0 Å². The Morgan fingerprint density at radius 2 is 1.75 bits per heavy atom. The van der Waals surface area contributed by atoms with E-state index >= 15 is 0 Å². The Kier molecular flexibility index (Phi) is 7.83. The molecule has 8 nitrogen and oxygen atoms in total. The number of hydrogen-bond acceptors (Lipinski definition) is 6. The molecular weight excluding hydrogens is 336 g/mol. The molecule has 1 rings (SSSR count). The minimum absolute atomic E-state index is 0.00946. The number of hydrogen-bond donors (Lipinski definition) is 1. The largest absolute Gasteiger partial charge is 0.465 e. The molecule has 0 aliphatic rings. The molecule has 0 saturated carbocycles. The predicted molar refractivity (Wildman–Crippen MR) is 89.3 cm³/mol. The Morgan fingerprint density at radius 1 is 1.12 bits per heavy atom. The van der Waals surface area contributed by atoms with E-state index in [2.05, 4.69) is 10.1 Å². The van der Waals surface area contributed by atoms with Crippen molar-refractivity contribution in [2.75, 3.05) is 45.5 Å². The smallest absolute Gasteiger partial charge is 0.337 e. The number of nitrogens with zero attached hydrogens (tertiary/aromatic N) is 1. The van der Waals surface area contributed by atoms with Crippen molar-refractivity contribution in [3.05, 3.63) is 29.8 Å². The zero-order chi connectivity index (χ0) is 18.2. The van der Waals surface area contributed by atoms with Gasteiger partial charge < -0.3 is 14.8 Å². The molecule has 24 heavy (non-hydrogen) atoms. The van der Waals surface area contributed by atoms with Crippen molar-refractivity contribution < 1.29 is 27.5 Å². The van der Waals surface area contributed by atoms with Crippen molar-refractivity contribution in [1.82, 2.24) is 4.31 Å². The van der Waals surface area contributed by atoms with E-state index in [9.17, 15) is 18.0 Å². The third-order valence-electron chi connectivity index (χ3n) is 3.19. The highest BCUT2D eigenvalue weighted by molar-refractivity contribution is 7.88. The first-order valence-electron chi connectivity index (χ1n) is 7.20. The van der Waals surface area contributed by atoms with Crippen LogP contribution in [0.25, 0.3) is 0 Å². The molecule has 9 heteroatoms. The molecule has 0 fully saturated rings. The normalized spacial score (nSPS) is 11.3. The zero-order valence-corrected chi connectivity index (χ0v) is 14.8. The summed E-state index contributed by atoms with van der Waals surface area (Å²) in [6, 6.07) is 6.21. The summed E-state index contributed by atoms with van der Waals surface area (Å²) in [5, 5.41) is 2.65. The molecule has 1 aromatic rings. The highest BCUT2D eigenvalue weighted by Gasteiger charge is 2.17. The van der Waals surface area contributed by atoms with E-state index in [-0.39, 0.29) is 32.0 Å². The molecule has 0 spiro atoms. The van der Waals surface area contributed by atoms with Gasteiger partial charge in [-0.15, -0.1) is 0 Å². The number of carbonyl (C=O) groups excluding carboxylic acids is 2. The summed E-state index contributed by atoms with van der Waals surface area (Å²) in [6.07, 6.45) is 1.10. The van der Waals surface area contributed by atoms with E-state index < -0.39 is 16.0 Å². The molecule has 0 saturated heterocycles. The molecule has 0 atom stereocenters. The van der Waals surface area contributed by atoms with Crippen LogP contribution in [0.1, 0.15) is 16.8 Å². The molecule has 0 aromatic heterocycles. The molecule has 0 radical (unpaired) electrons. The Hall–Kier alpha value is -1.97. The van der Waals surface area contributed by atoms with Crippen LogP contribution in [-0.2, 0) is 24.3 Å². The number of sulfonamides is 1. The van der Waals surface area contributed by atoms with Crippen LogP contribution in [0, 0.1) is 0 Å². The van der Waals surface area contributed by atoms with Gasteiger partial charge in [0, 0.05) is 32.3 Å². The summed E-state index contributed by atoms with van der Waals surface area (Å²) >= 11 is 0. The predicted octanol–water partition coefficient (Wildman–Crippen LogP) is 0.710. The van der Waals surface area contributed by atoms with Crippen molar-refractivity contribution >= 4 is 27.6 Å². The number of anilines is 1. The van der Waals surface area contributed by atoms with Crippen molar-refractivity contribution in [1.29, 1.82) is 0 Å². The molecule has 0 unspecified atom stereocenters. The molecule has 0 aliphatic heterocycles. The van der Waals surface area contributed by atoms with Crippen molar-refractivity contribution in [3.63, 3.8) is 0 Å². The Balaban J connectivity index is 2.57. The van der Waals surface area contributed by atoms with Gasteiger partial charge >= 0.3 is 5.97 Å². The van der Waals surface area contributed by atoms with Crippen LogP contribution < -0.4 is 5.32 Å². The molecule has 1 N–H and O–H groups in total. The third-order valence-corrected chi connectivity index (χ3v) is 4.50. The van der Waals surface area contributed by atoms with Crippen LogP contribution in [-0.4, -0.2) is 64.8 Å². The maximum atomic E-state index is 11.9. The number of benzene rings is 1. The number of ether oxygens (including phenoxy) is 2. The Bertz CT molecular complexity index is 657. The average Bonchev–Trinajstić information content (AvgIpc) is 2.53. The van der Waals surface area contributed by atoms with Crippen molar-refractivity contribution in [3.8, 4) is 0 Å². The van der Waals surface area contributed by atoms with Gasteiger partial charge in [-0.05, 0) is 24.3 Å². The van der Waals surface area contributed by atoms with E-state index in [1.807, 2.05) is 0 Å². The third kappa shape index (κ3) is 6.65. The van der Waals surface area contributed by atoms with E-state index in [1.54, 1.807) is 12.1 Å². The monoisotopic (exact) mass is 358 g/mol. The summed E-state index contributed by atoms with van der Waals surface area (Å²) in [6.45, 7) is 0.508. The second kappa shape index (κ2) is 9.36. The summed E-state index contributed by atoms with van der Waals surface area (Å²) < 4.78 is 33.9.